The van der Waals surface area contributed by atoms with Crippen LogP contribution in [0.3, 0.4) is 0 Å². The molecule has 21 heavy (non-hydrogen) atoms. The Morgan fingerprint density at radius 2 is 1.43 bits per heavy atom. The Kier molecular flexibility index (Phi) is 8.38. The van der Waals surface area contributed by atoms with Crippen LogP contribution in [0.2, 0.25) is 0 Å². The summed E-state index contributed by atoms with van der Waals surface area (Å²) in [6.45, 7) is 3.93. The van der Waals surface area contributed by atoms with E-state index in [0.29, 0.717) is 13.0 Å². The standard InChI is InChI=1S/C12H16O3.C6H6/c1-3-12(13)14-9-10(2)15-11-7-5-4-6-8-11;1-2-4-6-5-3-1/h4-8,10H,3,9H2,1-2H3;1-6H. The van der Waals surface area contributed by atoms with Gasteiger partial charge in [0.25, 0.3) is 0 Å². The Balaban J connectivity index is 0.000000304. The van der Waals surface area contributed by atoms with E-state index in [4.69, 9.17) is 9.47 Å². The van der Waals surface area contributed by atoms with E-state index in [1.165, 1.54) is 0 Å². The second-order valence-corrected chi connectivity index (χ2v) is 4.43. The van der Waals surface area contributed by atoms with Crippen LogP contribution in [-0.4, -0.2) is 18.7 Å². The predicted octanol–water partition coefficient (Wildman–Crippen LogP) is 4.09. The molecule has 0 aromatic heterocycles. The first-order chi connectivity index (χ1) is 10.2. The van der Waals surface area contributed by atoms with Crippen molar-refractivity contribution in [1.82, 2.24) is 0 Å². The van der Waals surface area contributed by atoms with Crippen LogP contribution >= 0.6 is 0 Å². The zero-order valence-corrected chi connectivity index (χ0v) is 12.6. The first-order valence-corrected chi connectivity index (χ1v) is 7.09. The minimum Gasteiger partial charge on any atom is -0.487 e. The summed E-state index contributed by atoms with van der Waals surface area (Å²) < 4.78 is 10.5. The Morgan fingerprint density at radius 3 is 1.90 bits per heavy atom. The maximum absolute atomic E-state index is 10.9. The van der Waals surface area contributed by atoms with Crippen molar-refractivity contribution >= 4 is 5.97 Å². The Hall–Kier alpha value is -2.29. The smallest absolute Gasteiger partial charge is 0.305 e. The van der Waals surface area contributed by atoms with Crippen molar-refractivity contribution in [3.05, 3.63) is 66.7 Å². The molecule has 0 saturated heterocycles. The van der Waals surface area contributed by atoms with Gasteiger partial charge in [-0.15, -0.1) is 0 Å². The van der Waals surface area contributed by atoms with Crippen LogP contribution < -0.4 is 4.74 Å². The second kappa shape index (κ2) is 10.5. The number of ether oxygens (including phenoxy) is 2. The molecule has 2 aromatic rings. The van der Waals surface area contributed by atoms with Crippen LogP contribution in [0.25, 0.3) is 0 Å². The normalized spacial score (nSPS) is 10.8. The topological polar surface area (TPSA) is 35.5 Å². The molecule has 0 saturated carbocycles. The van der Waals surface area contributed by atoms with E-state index in [1.807, 2.05) is 73.7 Å². The molecule has 0 aliphatic rings. The summed E-state index contributed by atoms with van der Waals surface area (Å²) in [7, 11) is 0. The summed E-state index contributed by atoms with van der Waals surface area (Å²) in [6.07, 6.45) is 0.279. The highest BCUT2D eigenvalue weighted by atomic mass is 16.6. The van der Waals surface area contributed by atoms with Crippen LogP contribution in [0.15, 0.2) is 66.7 Å². The molecule has 1 unspecified atom stereocenters. The quantitative estimate of drug-likeness (QED) is 0.776. The van der Waals surface area contributed by atoms with Gasteiger partial charge in [0.1, 0.15) is 18.5 Å². The van der Waals surface area contributed by atoms with Gasteiger partial charge in [-0.2, -0.15) is 0 Å². The summed E-state index contributed by atoms with van der Waals surface area (Å²) in [5, 5.41) is 0. The molecule has 0 aliphatic heterocycles. The molecule has 0 aliphatic carbocycles. The highest BCUT2D eigenvalue weighted by molar-refractivity contribution is 5.68. The number of rotatable bonds is 5. The summed E-state index contributed by atoms with van der Waals surface area (Å²) in [6, 6.07) is 21.5. The largest absolute Gasteiger partial charge is 0.487 e. The zero-order valence-electron chi connectivity index (χ0n) is 12.6. The molecule has 0 fully saturated rings. The van der Waals surface area contributed by atoms with Crippen molar-refractivity contribution < 1.29 is 14.3 Å². The number of hydrogen-bond donors (Lipinski definition) is 0. The van der Waals surface area contributed by atoms with Gasteiger partial charge in [0.2, 0.25) is 0 Å². The minimum atomic E-state index is -0.196. The van der Waals surface area contributed by atoms with E-state index >= 15 is 0 Å². The van der Waals surface area contributed by atoms with Gasteiger partial charge in [0.05, 0.1) is 0 Å². The van der Waals surface area contributed by atoms with Crippen molar-refractivity contribution in [2.45, 2.75) is 26.4 Å². The highest BCUT2D eigenvalue weighted by Gasteiger charge is 2.06. The molecular formula is C18H22O3. The molecule has 112 valence electrons. The molecule has 3 heteroatoms. The van der Waals surface area contributed by atoms with E-state index < -0.39 is 0 Å². The molecule has 2 rings (SSSR count). The van der Waals surface area contributed by atoms with Gasteiger partial charge in [-0.3, -0.25) is 4.79 Å². The molecular weight excluding hydrogens is 264 g/mol. The lowest BCUT2D eigenvalue weighted by Crippen LogP contribution is -2.21. The van der Waals surface area contributed by atoms with Crippen molar-refractivity contribution in [2.24, 2.45) is 0 Å². The second-order valence-electron chi connectivity index (χ2n) is 4.43. The average molecular weight is 286 g/mol. The lowest BCUT2D eigenvalue weighted by atomic mass is 10.3. The predicted molar refractivity (Wildman–Crippen MR) is 84.2 cm³/mol. The van der Waals surface area contributed by atoms with Crippen molar-refractivity contribution in [2.75, 3.05) is 6.61 Å². The van der Waals surface area contributed by atoms with Gasteiger partial charge in [0, 0.05) is 6.42 Å². The number of benzene rings is 2. The monoisotopic (exact) mass is 286 g/mol. The van der Waals surface area contributed by atoms with Crippen LogP contribution in [0.4, 0.5) is 0 Å². The summed E-state index contributed by atoms with van der Waals surface area (Å²) >= 11 is 0. The Morgan fingerprint density at radius 1 is 0.952 bits per heavy atom. The number of hydrogen-bond acceptors (Lipinski definition) is 3. The first kappa shape index (κ1) is 16.8. The zero-order chi connectivity index (χ0) is 15.3. The SMILES string of the molecule is CCC(=O)OCC(C)Oc1ccccc1.c1ccccc1. The molecule has 0 spiro atoms. The molecule has 0 heterocycles. The summed E-state index contributed by atoms with van der Waals surface area (Å²) in [5.74, 6) is 0.594. The third-order valence-corrected chi connectivity index (χ3v) is 2.51. The van der Waals surface area contributed by atoms with Crippen LogP contribution in [0.1, 0.15) is 20.3 Å². The number of esters is 1. The van der Waals surface area contributed by atoms with Gasteiger partial charge < -0.3 is 9.47 Å². The van der Waals surface area contributed by atoms with Crippen molar-refractivity contribution in [3.63, 3.8) is 0 Å². The number of carbonyl (C=O) groups excluding carboxylic acids is 1. The molecule has 3 nitrogen and oxygen atoms in total. The van der Waals surface area contributed by atoms with Gasteiger partial charge in [-0.05, 0) is 19.1 Å². The summed E-state index contributed by atoms with van der Waals surface area (Å²) in [5.41, 5.74) is 0. The van der Waals surface area contributed by atoms with Crippen LogP contribution in [0.5, 0.6) is 5.75 Å². The third-order valence-electron chi connectivity index (χ3n) is 2.51. The van der Waals surface area contributed by atoms with Gasteiger partial charge in [0.15, 0.2) is 0 Å². The van der Waals surface area contributed by atoms with E-state index in [9.17, 15) is 4.79 Å². The lowest BCUT2D eigenvalue weighted by molar-refractivity contribution is -0.145. The van der Waals surface area contributed by atoms with Crippen LogP contribution in [-0.2, 0) is 9.53 Å². The van der Waals surface area contributed by atoms with Gasteiger partial charge in [-0.25, -0.2) is 0 Å². The third kappa shape index (κ3) is 8.47. The maximum atomic E-state index is 10.9. The van der Waals surface area contributed by atoms with E-state index in [1.54, 1.807) is 6.92 Å². The molecule has 0 amide bonds. The average Bonchev–Trinajstić information content (AvgIpc) is 2.56. The fraction of sp³-hybridized carbons (Fsp3) is 0.278. The maximum Gasteiger partial charge on any atom is 0.305 e. The van der Waals surface area contributed by atoms with Crippen LogP contribution in [0, 0.1) is 0 Å². The molecule has 0 bridgehead atoms. The van der Waals surface area contributed by atoms with Crippen molar-refractivity contribution in [3.8, 4) is 5.75 Å². The lowest BCUT2D eigenvalue weighted by Gasteiger charge is -2.14. The number of carbonyl (C=O) groups is 1. The molecule has 0 N–H and O–H groups in total. The minimum absolute atomic E-state index is 0.122. The fourth-order valence-electron chi connectivity index (χ4n) is 1.46. The Bertz CT molecular complexity index is 456. The highest BCUT2D eigenvalue weighted by Crippen LogP contribution is 2.10. The van der Waals surface area contributed by atoms with E-state index in [-0.39, 0.29) is 12.1 Å². The molecule has 2 aromatic carbocycles. The Labute approximate surface area is 126 Å². The van der Waals surface area contributed by atoms with Gasteiger partial charge in [-0.1, -0.05) is 61.5 Å². The molecule has 0 radical (unpaired) electrons. The summed E-state index contributed by atoms with van der Waals surface area (Å²) in [4.78, 5) is 10.9. The first-order valence-electron chi connectivity index (χ1n) is 7.09. The molecule has 1 atom stereocenters. The number of para-hydroxylation sites is 1. The fourth-order valence-corrected chi connectivity index (χ4v) is 1.46. The van der Waals surface area contributed by atoms with E-state index in [0.717, 1.165) is 5.75 Å². The van der Waals surface area contributed by atoms with Gasteiger partial charge >= 0.3 is 5.97 Å². The van der Waals surface area contributed by atoms with E-state index in [2.05, 4.69) is 0 Å². The van der Waals surface area contributed by atoms with Crippen molar-refractivity contribution in [1.29, 1.82) is 0 Å².